The summed E-state index contributed by atoms with van der Waals surface area (Å²) >= 11 is 5.97. The van der Waals surface area contributed by atoms with Crippen LogP contribution in [-0.2, 0) is 4.79 Å². The molecular weight excluding hydrogens is 420 g/mol. The highest BCUT2D eigenvalue weighted by atomic mass is 35.5. The summed E-state index contributed by atoms with van der Waals surface area (Å²) < 4.78 is 0. The van der Waals surface area contributed by atoms with Gasteiger partial charge < -0.3 is 10.0 Å². The minimum Gasteiger partial charge on any atom is -0.481 e. The van der Waals surface area contributed by atoms with Gasteiger partial charge >= 0.3 is 5.97 Å². The molecule has 0 saturated heterocycles. The van der Waals surface area contributed by atoms with Gasteiger partial charge in [0.15, 0.2) is 0 Å². The van der Waals surface area contributed by atoms with E-state index in [1.165, 1.54) is 31.2 Å². The molecule has 0 spiro atoms. The highest BCUT2D eigenvalue weighted by Gasteiger charge is 2.15. The molecule has 0 amide bonds. The number of carbonyl (C=O) groups is 1. The van der Waals surface area contributed by atoms with E-state index >= 15 is 0 Å². The maximum absolute atomic E-state index is 10.2. The van der Waals surface area contributed by atoms with Crippen LogP contribution in [0.5, 0.6) is 0 Å². The molecular formula is C27H39ClN2O2. The van der Waals surface area contributed by atoms with E-state index in [-0.39, 0.29) is 0 Å². The zero-order chi connectivity index (χ0) is 23.6. The van der Waals surface area contributed by atoms with Crippen molar-refractivity contribution in [2.24, 2.45) is 0 Å². The lowest BCUT2D eigenvalue weighted by molar-refractivity contribution is -0.137. The molecule has 1 heterocycles. The maximum Gasteiger partial charge on any atom is 0.303 e. The van der Waals surface area contributed by atoms with E-state index in [1.54, 1.807) is 0 Å². The van der Waals surface area contributed by atoms with Crippen LogP contribution in [-0.4, -0.2) is 41.6 Å². The Morgan fingerprint density at radius 3 is 2.28 bits per heavy atom. The topological polar surface area (TPSA) is 53.4 Å². The van der Waals surface area contributed by atoms with Crippen LogP contribution in [0.2, 0.25) is 5.02 Å². The van der Waals surface area contributed by atoms with E-state index in [0.717, 1.165) is 42.9 Å². The van der Waals surface area contributed by atoms with Gasteiger partial charge in [-0.05, 0) is 76.2 Å². The first kappa shape index (κ1) is 27.9. The normalized spacial score (nSPS) is 11.5. The molecule has 1 N–H and O–H groups in total. The zero-order valence-corrected chi connectivity index (χ0v) is 20.4. The number of carboxylic acids is 1. The lowest BCUT2D eigenvalue weighted by atomic mass is 9.92. The van der Waals surface area contributed by atoms with Crippen LogP contribution < -0.4 is 0 Å². The molecule has 0 saturated carbocycles. The molecule has 5 heteroatoms. The second kappa shape index (κ2) is 17.4. The number of allylic oxidation sites excluding steroid dienone is 1. The molecule has 176 valence electrons. The fourth-order valence-corrected chi connectivity index (χ4v) is 3.55. The average Bonchev–Trinajstić information content (AvgIpc) is 2.78. The first-order chi connectivity index (χ1) is 15.4. The third-order valence-electron chi connectivity index (χ3n) is 5.23. The fourth-order valence-electron chi connectivity index (χ4n) is 3.42. The SMILES string of the molecule is C=CCCCCCCCCC(=O)O.CN(C)CCC(c1ccc(Cl)cc1)c1ccccn1. The molecule has 2 rings (SSSR count). The van der Waals surface area contributed by atoms with Crippen molar-refractivity contribution in [1.82, 2.24) is 9.88 Å². The fraction of sp³-hybridized carbons (Fsp3) is 0.481. The van der Waals surface area contributed by atoms with Crippen molar-refractivity contribution in [3.8, 4) is 0 Å². The van der Waals surface area contributed by atoms with Crippen LogP contribution in [0.4, 0.5) is 0 Å². The first-order valence-corrected chi connectivity index (χ1v) is 12.0. The Labute approximate surface area is 199 Å². The number of nitrogens with zero attached hydrogens (tertiary/aromatic N) is 2. The Morgan fingerprint density at radius 2 is 1.72 bits per heavy atom. The summed E-state index contributed by atoms with van der Waals surface area (Å²) in [7, 11) is 4.19. The molecule has 0 bridgehead atoms. The van der Waals surface area contributed by atoms with Crippen molar-refractivity contribution in [1.29, 1.82) is 0 Å². The van der Waals surface area contributed by atoms with Crippen LogP contribution >= 0.6 is 11.6 Å². The second-order valence-corrected chi connectivity index (χ2v) is 8.73. The zero-order valence-electron chi connectivity index (χ0n) is 19.7. The number of carboxylic acid groups (broad SMARTS) is 1. The van der Waals surface area contributed by atoms with E-state index in [9.17, 15) is 4.79 Å². The highest BCUT2D eigenvalue weighted by molar-refractivity contribution is 6.30. The molecule has 1 atom stereocenters. The molecule has 0 aliphatic carbocycles. The second-order valence-electron chi connectivity index (χ2n) is 8.29. The van der Waals surface area contributed by atoms with Gasteiger partial charge in [-0.3, -0.25) is 9.78 Å². The van der Waals surface area contributed by atoms with Gasteiger partial charge in [-0.15, -0.1) is 6.58 Å². The van der Waals surface area contributed by atoms with Crippen molar-refractivity contribution in [2.75, 3.05) is 20.6 Å². The minimum atomic E-state index is -0.674. The lowest BCUT2D eigenvalue weighted by Gasteiger charge is -2.19. The number of hydrogen-bond acceptors (Lipinski definition) is 3. The summed E-state index contributed by atoms with van der Waals surface area (Å²) in [5.74, 6) is -0.354. The van der Waals surface area contributed by atoms with Gasteiger partial charge in [0.05, 0.1) is 0 Å². The molecule has 0 radical (unpaired) electrons. The molecule has 0 aliphatic rings. The van der Waals surface area contributed by atoms with Crippen molar-refractivity contribution in [3.05, 3.63) is 77.6 Å². The first-order valence-electron chi connectivity index (χ1n) is 11.6. The Balaban J connectivity index is 0.000000347. The van der Waals surface area contributed by atoms with Gasteiger partial charge in [-0.1, -0.05) is 61.6 Å². The Hall–Kier alpha value is -2.17. The number of benzene rings is 1. The van der Waals surface area contributed by atoms with Gasteiger partial charge in [0, 0.05) is 29.3 Å². The summed E-state index contributed by atoms with van der Waals surface area (Å²) in [5.41, 5.74) is 2.39. The van der Waals surface area contributed by atoms with Gasteiger partial charge in [-0.25, -0.2) is 0 Å². The van der Waals surface area contributed by atoms with E-state index in [0.29, 0.717) is 12.3 Å². The van der Waals surface area contributed by atoms with Crippen molar-refractivity contribution in [2.45, 2.75) is 63.7 Å². The lowest BCUT2D eigenvalue weighted by Crippen LogP contribution is -2.17. The number of aromatic nitrogens is 1. The number of halogens is 1. The van der Waals surface area contributed by atoms with Gasteiger partial charge in [0.2, 0.25) is 0 Å². The summed E-state index contributed by atoms with van der Waals surface area (Å²) in [6.07, 6.45) is 13.0. The Kier molecular flexibility index (Phi) is 15.1. The van der Waals surface area contributed by atoms with E-state index in [4.69, 9.17) is 16.7 Å². The molecule has 1 aromatic heterocycles. The molecule has 0 aliphatic heterocycles. The van der Waals surface area contributed by atoms with Crippen LogP contribution in [0.25, 0.3) is 0 Å². The van der Waals surface area contributed by atoms with E-state index < -0.39 is 5.97 Å². The van der Waals surface area contributed by atoms with Crippen molar-refractivity contribution < 1.29 is 9.90 Å². The monoisotopic (exact) mass is 458 g/mol. The summed E-state index contributed by atoms with van der Waals surface area (Å²) in [5, 5.41) is 9.15. The molecule has 1 aromatic carbocycles. The van der Waals surface area contributed by atoms with E-state index in [1.807, 2.05) is 36.5 Å². The average molecular weight is 459 g/mol. The summed E-state index contributed by atoms with van der Waals surface area (Å²) in [6.45, 7) is 4.69. The maximum atomic E-state index is 10.2. The largest absolute Gasteiger partial charge is 0.481 e. The summed E-state index contributed by atoms with van der Waals surface area (Å²) in [4.78, 5) is 16.9. The van der Waals surface area contributed by atoms with Crippen molar-refractivity contribution in [3.63, 3.8) is 0 Å². The van der Waals surface area contributed by atoms with Crippen LogP contribution in [0.3, 0.4) is 0 Å². The van der Waals surface area contributed by atoms with Crippen molar-refractivity contribution >= 4 is 17.6 Å². The number of unbranched alkanes of at least 4 members (excludes halogenated alkanes) is 6. The number of aliphatic carboxylic acids is 1. The highest BCUT2D eigenvalue weighted by Crippen LogP contribution is 2.27. The smallest absolute Gasteiger partial charge is 0.303 e. The predicted molar refractivity (Wildman–Crippen MR) is 135 cm³/mol. The van der Waals surface area contributed by atoms with Crippen LogP contribution in [0, 0.1) is 0 Å². The number of rotatable bonds is 14. The standard InChI is InChI=1S/C16H19ClN2.C11H20O2/c1-19(2)12-10-15(16-5-3-4-11-18-16)13-6-8-14(17)9-7-13;1-2-3-4-5-6-7-8-9-10-11(12)13/h3-9,11,15H,10,12H2,1-2H3;2H,1,3-10H2,(H,12,13). The molecule has 4 nitrogen and oxygen atoms in total. The molecule has 32 heavy (non-hydrogen) atoms. The quantitative estimate of drug-likeness (QED) is 0.240. The number of pyridine rings is 1. The van der Waals surface area contributed by atoms with Gasteiger partial charge in [-0.2, -0.15) is 0 Å². The molecule has 0 fully saturated rings. The molecule has 2 aromatic rings. The van der Waals surface area contributed by atoms with Crippen LogP contribution in [0.1, 0.15) is 75.0 Å². The van der Waals surface area contributed by atoms with Gasteiger partial charge in [0.1, 0.15) is 0 Å². The van der Waals surface area contributed by atoms with E-state index in [2.05, 4.69) is 48.8 Å². The predicted octanol–water partition coefficient (Wildman–Crippen LogP) is 7.20. The summed E-state index contributed by atoms with van der Waals surface area (Å²) in [6, 6.07) is 14.2. The molecule has 1 unspecified atom stereocenters. The third kappa shape index (κ3) is 13.3. The Morgan fingerprint density at radius 1 is 1.06 bits per heavy atom. The Bertz CT molecular complexity index is 748. The number of hydrogen-bond donors (Lipinski definition) is 1. The minimum absolute atomic E-state index is 0.320. The van der Waals surface area contributed by atoms with Gasteiger partial charge in [0.25, 0.3) is 0 Å². The van der Waals surface area contributed by atoms with Crippen LogP contribution in [0.15, 0.2) is 61.3 Å². The third-order valence-corrected chi connectivity index (χ3v) is 5.48.